The fourth-order valence-corrected chi connectivity index (χ4v) is 3.26. The summed E-state index contributed by atoms with van der Waals surface area (Å²) in [6.07, 6.45) is 0. The molecule has 36 heavy (non-hydrogen) atoms. The van der Waals surface area contributed by atoms with Crippen LogP contribution in [0.4, 0.5) is 21.5 Å². The highest BCUT2D eigenvalue weighted by Crippen LogP contribution is 2.21. The summed E-state index contributed by atoms with van der Waals surface area (Å²) in [5, 5.41) is 26.8. The van der Waals surface area contributed by atoms with Gasteiger partial charge in [-0.25, -0.2) is 4.39 Å². The van der Waals surface area contributed by atoms with Crippen molar-refractivity contribution in [2.24, 2.45) is 0 Å². The Labute approximate surface area is 205 Å². The molecule has 0 spiro atoms. The minimum atomic E-state index is -0.559. The summed E-state index contributed by atoms with van der Waals surface area (Å²) in [6, 6.07) is 20.7. The van der Waals surface area contributed by atoms with Gasteiger partial charge < -0.3 is 26.2 Å². The largest absolute Gasteiger partial charge is 0.508 e. The number of anilines is 3. The molecule has 5 N–H and O–H groups in total. The maximum atomic E-state index is 13.2. The molecule has 4 rings (SSSR count). The van der Waals surface area contributed by atoms with Crippen molar-refractivity contribution in [3.8, 4) is 11.5 Å². The molecular formula is C27H20FN3O5. The maximum absolute atomic E-state index is 13.2. The fourth-order valence-electron chi connectivity index (χ4n) is 3.26. The maximum Gasteiger partial charge on any atom is 0.255 e. The second kappa shape index (κ2) is 10.4. The van der Waals surface area contributed by atoms with Gasteiger partial charge in [0.05, 0.1) is 0 Å². The molecule has 0 saturated heterocycles. The number of halogens is 1. The Bertz CT molecular complexity index is 1340. The molecule has 9 heteroatoms. The van der Waals surface area contributed by atoms with Gasteiger partial charge in [-0.05, 0) is 91.0 Å². The molecule has 0 aromatic heterocycles. The van der Waals surface area contributed by atoms with Crippen LogP contribution < -0.4 is 16.0 Å². The summed E-state index contributed by atoms with van der Waals surface area (Å²) in [5.41, 5.74) is 1.33. The number of aromatic hydroxyl groups is 2. The number of benzene rings is 4. The molecule has 4 aromatic carbocycles. The summed E-state index contributed by atoms with van der Waals surface area (Å²) in [6.45, 7) is 0. The van der Waals surface area contributed by atoms with Crippen LogP contribution in [-0.4, -0.2) is 27.9 Å². The average Bonchev–Trinajstić information content (AvgIpc) is 2.87. The van der Waals surface area contributed by atoms with E-state index in [0.717, 1.165) is 12.1 Å². The van der Waals surface area contributed by atoms with E-state index in [2.05, 4.69) is 16.0 Å². The number of phenols is 2. The number of hydrogen-bond donors (Lipinski definition) is 5. The molecule has 8 nitrogen and oxygen atoms in total. The van der Waals surface area contributed by atoms with Crippen molar-refractivity contribution in [2.45, 2.75) is 0 Å². The zero-order chi connectivity index (χ0) is 25.7. The van der Waals surface area contributed by atoms with Gasteiger partial charge in [-0.3, -0.25) is 14.4 Å². The van der Waals surface area contributed by atoms with Crippen LogP contribution in [0.1, 0.15) is 31.1 Å². The van der Waals surface area contributed by atoms with Crippen molar-refractivity contribution in [3.63, 3.8) is 0 Å². The van der Waals surface area contributed by atoms with E-state index in [1.165, 1.54) is 78.9 Å². The predicted octanol–water partition coefficient (Wildman–Crippen LogP) is 4.99. The van der Waals surface area contributed by atoms with Crippen molar-refractivity contribution in [1.82, 2.24) is 0 Å². The van der Waals surface area contributed by atoms with Crippen molar-refractivity contribution < 1.29 is 29.0 Å². The molecule has 0 atom stereocenters. The van der Waals surface area contributed by atoms with E-state index in [1.54, 1.807) is 0 Å². The highest BCUT2D eigenvalue weighted by atomic mass is 19.1. The molecule has 0 unspecified atom stereocenters. The monoisotopic (exact) mass is 485 g/mol. The van der Waals surface area contributed by atoms with Crippen LogP contribution in [-0.2, 0) is 0 Å². The van der Waals surface area contributed by atoms with Crippen LogP contribution in [0.3, 0.4) is 0 Å². The van der Waals surface area contributed by atoms with Crippen LogP contribution in [0, 0.1) is 5.82 Å². The minimum absolute atomic E-state index is 0.0340. The molecule has 0 fully saturated rings. The van der Waals surface area contributed by atoms with Gasteiger partial charge in [-0.1, -0.05) is 0 Å². The molecule has 0 heterocycles. The van der Waals surface area contributed by atoms with Gasteiger partial charge in [0, 0.05) is 33.8 Å². The highest BCUT2D eigenvalue weighted by molar-refractivity contribution is 6.11. The summed E-state index contributed by atoms with van der Waals surface area (Å²) >= 11 is 0. The topological polar surface area (TPSA) is 128 Å². The summed E-state index contributed by atoms with van der Waals surface area (Å²) < 4.78 is 13.2. The van der Waals surface area contributed by atoms with E-state index >= 15 is 0 Å². The van der Waals surface area contributed by atoms with Gasteiger partial charge in [0.1, 0.15) is 17.3 Å². The van der Waals surface area contributed by atoms with Crippen molar-refractivity contribution in [1.29, 1.82) is 0 Å². The van der Waals surface area contributed by atoms with E-state index in [4.69, 9.17) is 0 Å². The standard InChI is InChI=1S/C27H20FN3O5/c28-19-3-1-16(2-4-19)25(34)31-22-14-17(26(35)29-20-5-9-23(32)10-6-20)13-18(15-22)27(36)30-21-7-11-24(33)12-8-21/h1-15,32-33H,(H,29,35)(H,30,36)(H,31,34). The van der Waals surface area contributed by atoms with Gasteiger partial charge in [0.2, 0.25) is 0 Å². The number of amides is 3. The first-order valence-electron chi connectivity index (χ1n) is 10.7. The van der Waals surface area contributed by atoms with Crippen molar-refractivity contribution in [2.75, 3.05) is 16.0 Å². The van der Waals surface area contributed by atoms with Crippen molar-refractivity contribution in [3.05, 3.63) is 114 Å². The number of rotatable bonds is 6. The summed E-state index contributed by atoms with van der Waals surface area (Å²) in [4.78, 5) is 38.5. The van der Waals surface area contributed by atoms with E-state index in [0.29, 0.717) is 11.4 Å². The summed E-state index contributed by atoms with van der Waals surface area (Å²) in [5.74, 6) is -2.10. The second-order valence-electron chi connectivity index (χ2n) is 7.76. The van der Waals surface area contributed by atoms with Gasteiger partial charge in [0.25, 0.3) is 17.7 Å². The van der Waals surface area contributed by atoms with Crippen LogP contribution in [0.5, 0.6) is 11.5 Å². The number of phenolic OH excluding ortho intramolecular Hbond substituents is 2. The molecule has 4 aromatic rings. The molecule has 180 valence electrons. The molecule has 0 aliphatic carbocycles. The number of hydrogen-bond acceptors (Lipinski definition) is 5. The lowest BCUT2D eigenvalue weighted by Gasteiger charge is -2.12. The molecule has 0 saturated carbocycles. The molecule has 0 aliphatic heterocycles. The minimum Gasteiger partial charge on any atom is -0.508 e. The lowest BCUT2D eigenvalue weighted by molar-refractivity contribution is 0.101. The third kappa shape index (κ3) is 6.03. The zero-order valence-electron chi connectivity index (χ0n) is 18.7. The smallest absolute Gasteiger partial charge is 0.255 e. The van der Waals surface area contributed by atoms with Crippen LogP contribution in [0.2, 0.25) is 0 Å². The first-order valence-corrected chi connectivity index (χ1v) is 10.7. The molecular weight excluding hydrogens is 465 g/mol. The van der Waals surface area contributed by atoms with Crippen LogP contribution in [0.25, 0.3) is 0 Å². The Kier molecular flexibility index (Phi) is 6.92. The van der Waals surface area contributed by atoms with E-state index in [9.17, 15) is 29.0 Å². The van der Waals surface area contributed by atoms with E-state index in [1.807, 2.05) is 0 Å². The molecule has 0 radical (unpaired) electrons. The zero-order valence-corrected chi connectivity index (χ0v) is 18.7. The van der Waals surface area contributed by atoms with Gasteiger partial charge in [-0.2, -0.15) is 0 Å². The quantitative estimate of drug-likeness (QED) is 0.246. The molecule has 0 aliphatic rings. The number of carbonyl (C=O) groups is 3. The Morgan fingerprint density at radius 2 is 0.889 bits per heavy atom. The molecule has 0 bridgehead atoms. The Morgan fingerprint density at radius 1 is 0.500 bits per heavy atom. The summed E-state index contributed by atoms with van der Waals surface area (Å²) in [7, 11) is 0. The lowest BCUT2D eigenvalue weighted by Crippen LogP contribution is -2.18. The van der Waals surface area contributed by atoms with Gasteiger partial charge >= 0.3 is 0 Å². The van der Waals surface area contributed by atoms with Gasteiger partial charge in [0.15, 0.2) is 0 Å². The van der Waals surface area contributed by atoms with Gasteiger partial charge in [-0.15, -0.1) is 0 Å². The third-order valence-corrected chi connectivity index (χ3v) is 5.07. The fraction of sp³-hybridized carbons (Fsp3) is 0. The highest BCUT2D eigenvalue weighted by Gasteiger charge is 2.16. The van der Waals surface area contributed by atoms with Crippen LogP contribution >= 0.6 is 0 Å². The number of nitrogens with one attached hydrogen (secondary N) is 3. The Morgan fingerprint density at radius 3 is 1.33 bits per heavy atom. The molecule has 3 amide bonds. The average molecular weight is 485 g/mol. The Hall–Kier alpha value is -5.18. The van der Waals surface area contributed by atoms with E-state index in [-0.39, 0.29) is 33.9 Å². The predicted molar refractivity (Wildman–Crippen MR) is 133 cm³/mol. The van der Waals surface area contributed by atoms with Crippen LogP contribution in [0.15, 0.2) is 91.0 Å². The van der Waals surface area contributed by atoms with Crippen molar-refractivity contribution >= 4 is 34.8 Å². The van der Waals surface area contributed by atoms with E-state index < -0.39 is 23.5 Å². The lowest BCUT2D eigenvalue weighted by atomic mass is 10.1. The number of carbonyl (C=O) groups excluding carboxylic acids is 3. The Balaban J connectivity index is 1.63. The first-order chi connectivity index (χ1) is 17.3. The third-order valence-electron chi connectivity index (χ3n) is 5.07. The second-order valence-corrected chi connectivity index (χ2v) is 7.76. The SMILES string of the molecule is O=C(Nc1cc(C(=O)Nc2ccc(O)cc2)cc(C(=O)Nc2ccc(O)cc2)c1)c1ccc(F)cc1. The normalized spacial score (nSPS) is 10.4. The first kappa shape index (κ1) is 24.0.